The molecule has 0 aliphatic carbocycles. The molecule has 4 N–H and O–H groups in total. The molecule has 174 valence electrons. The Labute approximate surface area is 186 Å². The maximum absolute atomic E-state index is 12.3. The summed E-state index contributed by atoms with van der Waals surface area (Å²) in [5, 5.41) is 9.27. The van der Waals surface area contributed by atoms with Gasteiger partial charge in [-0.15, -0.1) is 0 Å². The molecule has 2 aromatic rings. The van der Waals surface area contributed by atoms with Crippen LogP contribution in [0.25, 0.3) is 0 Å². The SMILES string of the molecule is Cc1cccc(COC2=C(OCc3cccc(C)c3)C(CCO)OC2=O)c1.O=P(O)(O)O. The number of phosphoric acid groups is 1. The first-order valence-corrected chi connectivity index (χ1v) is 11.3. The van der Waals surface area contributed by atoms with E-state index in [2.05, 4.69) is 0 Å². The summed E-state index contributed by atoms with van der Waals surface area (Å²) in [5.41, 5.74) is 4.20. The topological polar surface area (TPSA) is 143 Å². The summed E-state index contributed by atoms with van der Waals surface area (Å²) in [7, 11) is -4.64. The number of cyclic esters (lactones) is 1. The lowest BCUT2D eigenvalue weighted by atomic mass is 10.1. The molecular formula is C22H27O9P. The van der Waals surface area contributed by atoms with Crippen molar-refractivity contribution in [1.29, 1.82) is 0 Å². The van der Waals surface area contributed by atoms with Crippen LogP contribution in [0.4, 0.5) is 0 Å². The zero-order valence-electron chi connectivity index (χ0n) is 17.8. The molecule has 0 amide bonds. The monoisotopic (exact) mass is 466 g/mol. The highest BCUT2D eigenvalue weighted by atomic mass is 31.2. The van der Waals surface area contributed by atoms with Gasteiger partial charge in [0, 0.05) is 13.0 Å². The van der Waals surface area contributed by atoms with Gasteiger partial charge in [0.2, 0.25) is 5.76 Å². The third-order valence-electron chi connectivity index (χ3n) is 4.28. The van der Waals surface area contributed by atoms with Crippen molar-refractivity contribution >= 4 is 13.8 Å². The minimum Gasteiger partial charge on any atom is -0.485 e. The molecule has 10 heteroatoms. The highest BCUT2D eigenvalue weighted by molar-refractivity contribution is 7.45. The predicted molar refractivity (Wildman–Crippen MR) is 115 cm³/mol. The van der Waals surface area contributed by atoms with Crippen LogP contribution in [0, 0.1) is 13.8 Å². The van der Waals surface area contributed by atoms with Gasteiger partial charge < -0.3 is 34.0 Å². The molecule has 1 heterocycles. The fourth-order valence-corrected chi connectivity index (χ4v) is 3.00. The lowest BCUT2D eigenvalue weighted by molar-refractivity contribution is -0.143. The van der Waals surface area contributed by atoms with E-state index in [1.807, 2.05) is 62.4 Å². The second-order valence-corrected chi connectivity index (χ2v) is 8.19. The van der Waals surface area contributed by atoms with Crippen LogP contribution in [0.2, 0.25) is 0 Å². The second-order valence-electron chi connectivity index (χ2n) is 7.17. The number of rotatable bonds is 8. The number of carbonyl (C=O) groups is 1. The first-order chi connectivity index (χ1) is 15.1. The number of hydrogen-bond donors (Lipinski definition) is 4. The largest absolute Gasteiger partial charge is 0.485 e. The van der Waals surface area contributed by atoms with Crippen LogP contribution in [0.1, 0.15) is 28.7 Å². The van der Waals surface area contributed by atoms with Crippen LogP contribution in [0.15, 0.2) is 60.0 Å². The maximum atomic E-state index is 12.3. The molecule has 1 atom stereocenters. The van der Waals surface area contributed by atoms with E-state index in [1.165, 1.54) is 0 Å². The van der Waals surface area contributed by atoms with Crippen LogP contribution in [0.5, 0.6) is 0 Å². The van der Waals surface area contributed by atoms with E-state index in [9.17, 15) is 9.90 Å². The van der Waals surface area contributed by atoms with Gasteiger partial charge in [0.15, 0.2) is 11.9 Å². The Morgan fingerprint density at radius 1 is 0.938 bits per heavy atom. The molecule has 32 heavy (non-hydrogen) atoms. The molecule has 1 aliphatic heterocycles. The van der Waals surface area contributed by atoms with Gasteiger partial charge in [-0.3, -0.25) is 0 Å². The van der Waals surface area contributed by atoms with Gasteiger partial charge in [0.25, 0.3) is 0 Å². The Bertz CT molecular complexity index is 988. The Morgan fingerprint density at radius 2 is 1.44 bits per heavy atom. The van der Waals surface area contributed by atoms with Crippen molar-refractivity contribution in [2.45, 2.75) is 39.6 Å². The molecule has 1 unspecified atom stereocenters. The molecule has 0 fully saturated rings. The standard InChI is InChI=1S/C22H24O5.H3O4P/c1-15-5-3-7-17(11-15)13-25-20-19(9-10-23)27-22(24)21(20)26-14-18-8-4-6-16(2)12-18;1-5(2,3)4/h3-8,11-12,19,23H,9-10,13-14H2,1-2H3;(H3,1,2,3,4). The quantitative estimate of drug-likeness (QED) is 0.341. The van der Waals surface area contributed by atoms with Gasteiger partial charge in [0.1, 0.15) is 13.2 Å². The molecule has 0 aromatic heterocycles. The molecule has 9 nitrogen and oxygen atoms in total. The second kappa shape index (κ2) is 11.8. The van der Waals surface area contributed by atoms with Gasteiger partial charge in [-0.25, -0.2) is 9.36 Å². The highest BCUT2D eigenvalue weighted by Gasteiger charge is 2.37. The van der Waals surface area contributed by atoms with E-state index in [0.717, 1.165) is 22.3 Å². The summed E-state index contributed by atoms with van der Waals surface area (Å²) in [6.45, 7) is 4.44. The lowest BCUT2D eigenvalue weighted by Gasteiger charge is -2.14. The van der Waals surface area contributed by atoms with Crippen LogP contribution < -0.4 is 0 Å². The number of aryl methyl sites for hydroxylation is 2. The van der Waals surface area contributed by atoms with E-state index < -0.39 is 19.9 Å². The first kappa shape index (κ1) is 25.6. The zero-order chi connectivity index (χ0) is 23.7. The Balaban J connectivity index is 0.000000654. The number of hydrogen-bond acceptors (Lipinski definition) is 6. The third-order valence-corrected chi connectivity index (χ3v) is 4.28. The van der Waals surface area contributed by atoms with E-state index in [4.69, 9.17) is 33.5 Å². The van der Waals surface area contributed by atoms with Crippen molar-refractivity contribution in [1.82, 2.24) is 0 Å². The van der Waals surface area contributed by atoms with Crippen molar-refractivity contribution in [3.8, 4) is 0 Å². The van der Waals surface area contributed by atoms with E-state index in [0.29, 0.717) is 12.4 Å². The van der Waals surface area contributed by atoms with Crippen molar-refractivity contribution in [2.24, 2.45) is 0 Å². The molecule has 3 rings (SSSR count). The number of ether oxygens (including phenoxy) is 3. The summed E-state index contributed by atoms with van der Waals surface area (Å²) in [5.74, 6) is -0.119. The molecular weight excluding hydrogens is 439 g/mol. The third kappa shape index (κ3) is 8.82. The fraction of sp³-hybridized carbons (Fsp3) is 0.318. The maximum Gasteiger partial charge on any atom is 0.466 e. The Kier molecular flexibility index (Phi) is 9.43. The molecule has 2 aromatic carbocycles. The lowest BCUT2D eigenvalue weighted by Crippen LogP contribution is -2.15. The van der Waals surface area contributed by atoms with Crippen molar-refractivity contribution < 1.29 is 43.4 Å². The van der Waals surface area contributed by atoms with E-state index >= 15 is 0 Å². The smallest absolute Gasteiger partial charge is 0.466 e. The summed E-state index contributed by atoms with van der Waals surface area (Å²) in [6.07, 6.45) is -0.355. The molecule has 0 saturated carbocycles. The van der Waals surface area contributed by atoms with Gasteiger partial charge in [-0.05, 0) is 25.0 Å². The van der Waals surface area contributed by atoms with Crippen LogP contribution in [-0.2, 0) is 36.8 Å². The molecule has 1 aliphatic rings. The van der Waals surface area contributed by atoms with Gasteiger partial charge in [-0.2, -0.15) is 0 Å². The number of esters is 1. The average Bonchev–Trinajstić information content (AvgIpc) is 2.98. The molecule has 0 radical (unpaired) electrons. The highest BCUT2D eigenvalue weighted by Crippen LogP contribution is 2.29. The number of aliphatic hydroxyl groups excluding tert-OH is 1. The minimum atomic E-state index is -4.64. The first-order valence-electron chi connectivity index (χ1n) is 9.78. The van der Waals surface area contributed by atoms with Crippen LogP contribution >= 0.6 is 7.82 Å². The zero-order valence-corrected chi connectivity index (χ0v) is 18.7. The van der Waals surface area contributed by atoms with Crippen molar-refractivity contribution in [3.05, 3.63) is 82.3 Å². The average molecular weight is 466 g/mol. The Hall–Kier alpha value is -2.68. The minimum absolute atomic E-state index is 0.0857. The molecule has 0 saturated heterocycles. The predicted octanol–water partition coefficient (Wildman–Crippen LogP) is 2.63. The molecule has 0 bridgehead atoms. The van der Waals surface area contributed by atoms with Crippen molar-refractivity contribution in [2.75, 3.05) is 6.61 Å². The fourth-order valence-electron chi connectivity index (χ4n) is 3.00. The number of benzene rings is 2. The van der Waals surface area contributed by atoms with Crippen molar-refractivity contribution in [3.63, 3.8) is 0 Å². The summed E-state index contributed by atoms with van der Waals surface area (Å²) < 4.78 is 25.9. The van der Waals surface area contributed by atoms with Gasteiger partial charge in [0.05, 0.1) is 0 Å². The van der Waals surface area contributed by atoms with Crippen LogP contribution in [0.3, 0.4) is 0 Å². The van der Waals surface area contributed by atoms with E-state index in [-0.39, 0.29) is 25.4 Å². The van der Waals surface area contributed by atoms with Crippen LogP contribution in [-0.4, -0.2) is 38.5 Å². The Morgan fingerprint density at radius 3 is 1.91 bits per heavy atom. The number of carbonyl (C=O) groups excluding carboxylic acids is 1. The normalized spacial score (nSPS) is 15.7. The van der Waals surface area contributed by atoms with Gasteiger partial charge >= 0.3 is 13.8 Å². The molecule has 0 spiro atoms. The summed E-state index contributed by atoms with van der Waals surface area (Å²) >= 11 is 0. The van der Waals surface area contributed by atoms with Gasteiger partial charge in [-0.1, -0.05) is 59.7 Å². The van der Waals surface area contributed by atoms with E-state index in [1.54, 1.807) is 0 Å². The summed E-state index contributed by atoms with van der Waals surface area (Å²) in [6, 6.07) is 15.8. The number of aliphatic hydroxyl groups is 1. The summed E-state index contributed by atoms with van der Waals surface area (Å²) in [4.78, 5) is 33.8.